The van der Waals surface area contributed by atoms with E-state index in [1.807, 2.05) is 0 Å². The van der Waals surface area contributed by atoms with Crippen molar-refractivity contribution in [1.82, 2.24) is 10.2 Å². The van der Waals surface area contributed by atoms with E-state index in [1.54, 1.807) is 24.3 Å². The van der Waals surface area contributed by atoms with Gasteiger partial charge in [-0.3, -0.25) is 4.79 Å². The summed E-state index contributed by atoms with van der Waals surface area (Å²) in [5, 5.41) is 3.67. The molecule has 0 radical (unpaired) electrons. The number of hydrogen-bond donors (Lipinski definition) is 1. The molecule has 1 unspecified atom stereocenters. The van der Waals surface area contributed by atoms with Gasteiger partial charge in [0.15, 0.2) is 0 Å². The maximum absolute atomic E-state index is 12.1. The summed E-state index contributed by atoms with van der Waals surface area (Å²) in [6, 6.07) is 6.79. The molecular weight excluding hydrogens is 356 g/mol. The molecule has 1 fully saturated rings. The van der Waals surface area contributed by atoms with Crippen LogP contribution >= 0.6 is 24.0 Å². The van der Waals surface area contributed by atoms with Crippen molar-refractivity contribution in [3.8, 4) is 0 Å². The number of ether oxygens (including phenoxy) is 1. The Kier molecular flexibility index (Phi) is 7.60. The zero-order chi connectivity index (χ0) is 16.2. The maximum Gasteiger partial charge on any atom is 0.411 e. The molecule has 1 aromatic rings. The van der Waals surface area contributed by atoms with Crippen LogP contribution in [0.5, 0.6) is 0 Å². The van der Waals surface area contributed by atoms with E-state index in [-0.39, 0.29) is 18.4 Å². The molecule has 1 aliphatic rings. The minimum absolute atomic E-state index is 0. The van der Waals surface area contributed by atoms with Crippen LogP contribution in [0.25, 0.3) is 0 Å². The minimum atomic E-state index is -4.44. The van der Waals surface area contributed by atoms with Crippen molar-refractivity contribution in [2.24, 2.45) is 0 Å². The van der Waals surface area contributed by atoms with Crippen LogP contribution in [0.3, 0.4) is 0 Å². The zero-order valence-electron chi connectivity index (χ0n) is 12.1. The van der Waals surface area contributed by atoms with Crippen LogP contribution in [0.1, 0.15) is 11.6 Å². The topological polar surface area (TPSA) is 41.6 Å². The van der Waals surface area contributed by atoms with Gasteiger partial charge in [0.05, 0.1) is 6.04 Å². The number of hydrogen-bond acceptors (Lipinski definition) is 3. The first-order valence-electron chi connectivity index (χ1n) is 6.77. The monoisotopic (exact) mass is 372 g/mol. The second-order valence-corrected chi connectivity index (χ2v) is 5.34. The van der Waals surface area contributed by atoms with Gasteiger partial charge in [0.2, 0.25) is 5.91 Å². The Morgan fingerprint density at radius 3 is 2.74 bits per heavy atom. The first kappa shape index (κ1) is 20.0. The smallest absolute Gasteiger partial charge is 0.362 e. The van der Waals surface area contributed by atoms with Crippen LogP contribution in [0.15, 0.2) is 24.3 Å². The molecule has 0 bridgehead atoms. The summed E-state index contributed by atoms with van der Waals surface area (Å²) >= 11 is 6.15. The van der Waals surface area contributed by atoms with Gasteiger partial charge in [-0.2, -0.15) is 13.2 Å². The first-order chi connectivity index (χ1) is 10.4. The van der Waals surface area contributed by atoms with Gasteiger partial charge in [-0.15, -0.1) is 12.4 Å². The van der Waals surface area contributed by atoms with E-state index in [0.717, 1.165) is 5.56 Å². The van der Waals surface area contributed by atoms with Crippen molar-refractivity contribution in [2.75, 3.05) is 32.8 Å². The van der Waals surface area contributed by atoms with Crippen LogP contribution in [0, 0.1) is 0 Å². The molecule has 1 saturated heterocycles. The standard InChI is InChI=1S/C14H16ClF3N2O2.ClH/c15-11-4-2-1-3-10(11)12-7-19-5-6-20(12)13(21)8-22-9-14(16,17)18;/h1-4,12,19H,5-9H2;1H. The molecular formula is C14H17Cl2F3N2O2. The Labute approximate surface area is 143 Å². The van der Waals surface area contributed by atoms with E-state index >= 15 is 0 Å². The van der Waals surface area contributed by atoms with Crippen LogP contribution in [0.4, 0.5) is 13.2 Å². The summed E-state index contributed by atoms with van der Waals surface area (Å²) in [5.74, 6) is -0.476. The van der Waals surface area contributed by atoms with Gasteiger partial charge in [-0.1, -0.05) is 29.8 Å². The van der Waals surface area contributed by atoms with Gasteiger partial charge >= 0.3 is 6.18 Å². The lowest BCUT2D eigenvalue weighted by Crippen LogP contribution is -2.50. The molecule has 4 nitrogen and oxygen atoms in total. The molecule has 1 N–H and O–H groups in total. The molecule has 23 heavy (non-hydrogen) atoms. The molecule has 0 spiro atoms. The van der Waals surface area contributed by atoms with Crippen molar-refractivity contribution in [3.63, 3.8) is 0 Å². The highest BCUT2D eigenvalue weighted by molar-refractivity contribution is 6.31. The molecule has 1 aromatic carbocycles. The molecule has 0 aromatic heterocycles. The molecule has 1 aliphatic heterocycles. The quantitative estimate of drug-likeness (QED) is 0.883. The molecule has 0 saturated carbocycles. The Balaban J connectivity index is 0.00000264. The molecule has 2 rings (SSSR count). The van der Waals surface area contributed by atoms with Crippen molar-refractivity contribution in [3.05, 3.63) is 34.9 Å². The third-order valence-corrected chi connectivity index (χ3v) is 3.66. The highest BCUT2D eigenvalue weighted by atomic mass is 35.5. The Morgan fingerprint density at radius 2 is 2.09 bits per heavy atom. The normalized spacial score (nSPS) is 18.4. The van der Waals surface area contributed by atoms with Gasteiger partial charge in [0, 0.05) is 24.7 Å². The number of halogens is 5. The first-order valence-corrected chi connectivity index (χ1v) is 7.15. The van der Waals surface area contributed by atoms with Crippen LogP contribution in [-0.4, -0.2) is 49.8 Å². The zero-order valence-corrected chi connectivity index (χ0v) is 13.7. The predicted octanol–water partition coefficient (Wildman–Crippen LogP) is 2.81. The van der Waals surface area contributed by atoms with Gasteiger partial charge in [0.1, 0.15) is 13.2 Å². The van der Waals surface area contributed by atoms with E-state index < -0.39 is 25.3 Å². The Bertz CT molecular complexity index is 529. The van der Waals surface area contributed by atoms with Gasteiger partial charge in [-0.05, 0) is 11.6 Å². The van der Waals surface area contributed by atoms with Crippen LogP contribution in [-0.2, 0) is 9.53 Å². The van der Waals surface area contributed by atoms with Crippen molar-refractivity contribution in [2.45, 2.75) is 12.2 Å². The number of amides is 1. The summed E-state index contributed by atoms with van der Waals surface area (Å²) in [7, 11) is 0. The largest absolute Gasteiger partial charge is 0.411 e. The van der Waals surface area contributed by atoms with Gasteiger partial charge in [0.25, 0.3) is 0 Å². The average Bonchev–Trinajstić information content (AvgIpc) is 2.46. The molecule has 9 heteroatoms. The van der Waals surface area contributed by atoms with E-state index in [1.165, 1.54) is 4.90 Å². The number of nitrogens with one attached hydrogen (secondary N) is 1. The van der Waals surface area contributed by atoms with Crippen LogP contribution < -0.4 is 5.32 Å². The highest BCUT2D eigenvalue weighted by Crippen LogP contribution is 2.28. The summed E-state index contributed by atoms with van der Waals surface area (Å²) in [6.07, 6.45) is -4.44. The van der Waals surface area contributed by atoms with E-state index in [0.29, 0.717) is 24.7 Å². The fourth-order valence-electron chi connectivity index (χ4n) is 2.36. The maximum atomic E-state index is 12.1. The lowest BCUT2D eigenvalue weighted by Gasteiger charge is -2.37. The molecule has 130 valence electrons. The van der Waals surface area contributed by atoms with Gasteiger partial charge < -0.3 is 15.0 Å². The number of carbonyl (C=O) groups is 1. The van der Waals surface area contributed by atoms with E-state index in [9.17, 15) is 18.0 Å². The van der Waals surface area contributed by atoms with Gasteiger partial charge in [-0.25, -0.2) is 0 Å². The predicted molar refractivity (Wildman–Crippen MR) is 82.9 cm³/mol. The Hall–Kier alpha value is -1.02. The number of rotatable bonds is 4. The fraction of sp³-hybridized carbons (Fsp3) is 0.500. The fourth-order valence-corrected chi connectivity index (χ4v) is 2.62. The molecule has 1 atom stereocenters. The van der Waals surface area contributed by atoms with Crippen molar-refractivity contribution >= 4 is 29.9 Å². The lowest BCUT2D eigenvalue weighted by molar-refractivity contribution is -0.178. The lowest BCUT2D eigenvalue weighted by atomic mass is 10.0. The summed E-state index contributed by atoms with van der Waals surface area (Å²) in [5.41, 5.74) is 0.764. The Morgan fingerprint density at radius 1 is 1.39 bits per heavy atom. The van der Waals surface area contributed by atoms with Crippen LogP contribution in [0.2, 0.25) is 5.02 Å². The third kappa shape index (κ3) is 5.84. The number of nitrogens with zero attached hydrogens (tertiary/aromatic N) is 1. The highest BCUT2D eigenvalue weighted by Gasteiger charge is 2.31. The van der Waals surface area contributed by atoms with E-state index in [4.69, 9.17) is 11.6 Å². The second-order valence-electron chi connectivity index (χ2n) is 4.94. The second kappa shape index (κ2) is 8.73. The minimum Gasteiger partial charge on any atom is -0.362 e. The summed E-state index contributed by atoms with van der Waals surface area (Å²) in [6.45, 7) is -0.563. The summed E-state index contributed by atoms with van der Waals surface area (Å²) in [4.78, 5) is 13.6. The SMILES string of the molecule is Cl.O=C(COCC(F)(F)F)N1CCNCC1c1ccccc1Cl. The van der Waals surface area contributed by atoms with Crippen molar-refractivity contribution in [1.29, 1.82) is 0 Å². The summed E-state index contributed by atoms with van der Waals surface area (Å²) < 4.78 is 40.7. The number of piperazine rings is 1. The third-order valence-electron chi connectivity index (χ3n) is 3.32. The molecule has 1 heterocycles. The average molecular weight is 373 g/mol. The van der Waals surface area contributed by atoms with E-state index in [2.05, 4.69) is 10.1 Å². The number of carbonyl (C=O) groups excluding carboxylic acids is 1. The molecule has 0 aliphatic carbocycles. The number of benzene rings is 1. The number of alkyl halides is 3. The van der Waals surface area contributed by atoms with Crippen molar-refractivity contribution < 1.29 is 22.7 Å². The molecule has 1 amide bonds.